The first kappa shape index (κ1) is 18.5. The molecule has 4 rings (SSSR count). The first-order valence-corrected chi connectivity index (χ1v) is 10.9. The Morgan fingerprint density at radius 1 is 1.15 bits per heavy atom. The summed E-state index contributed by atoms with van der Waals surface area (Å²) in [7, 11) is 0. The Hall–Kier alpha value is -1.90. The standard InChI is InChI=1S/C19H22N4O2S2/c1-4-23(5-2)8-9-26-19-17-18(27-12(3)20-17)16(21-22-19)13-6-7-14-15(10-13)25-11-24-14/h6-7,10H,4-5,8-9,11H2,1-3H3. The average molecular weight is 403 g/mol. The highest BCUT2D eigenvalue weighted by molar-refractivity contribution is 7.99. The van der Waals surface area contributed by atoms with Gasteiger partial charge < -0.3 is 14.4 Å². The molecule has 0 aliphatic carbocycles. The summed E-state index contributed by atoms with van der Waals surface area (Å²) in [5, 5.41) is 11.0. The molecule has 1 aromatic carbocycles. The van der Waals surface area contributed by atoms with E-state index in [-0.39, 0.29) is 6.79 Å². The predicted octanol–water partition coefficient (Wildman–Crippen LogP) is 4.22. The third-order valence-electron chi connectivity index (χ3n) is 4.58. The number of nitrogens with zero attached hydrogens (tertiary/aromatic N) is 4. The minimum atomic E-state index is 0.266. The predicted molar refractivity (Wildman–Crippen MR) is 110 cm³/mol. The van der Waals surface area contributed by atoms with Crippen LogP contribution in [0.5, 0.6) is 11.5 Å². The molecule has 0 saturated carbocycles. The average Bonchev–Trinajstić information content (AvgIpc) is 3.30. The fourth-order valence-corrected chi connectivity index (χ4v) is 4.98. The van der Waals surface area contributed by atoms with Gasteiger partial charge in [-0.2, -0.15) is 0 Å². The molecule has 3 aromatic rings. The van der Waals surface area contributed by atoms with Gasteiger partial charge >= 0.3 is 0 Å². The van der Waals surface area contributed by atoms with Gasteiger partial charge in [0.2, 0.25) is 6.79 Å². The van der Waals surface area contributed by atoms with Gasteiger partial charge in [-0.05, 0) is 38.2 Å². The van der Waals surface area contributed by atoms with E-state index in [0.29, 0.717) is 0 Å². The molecular formula is C19H22N4O2S2. The van der Waals surface area contributed by atoms with E-state index in [2.05, 4.69) is 28.9 Å². The van der Waals surface area contributed by atoms with Crippen LogP contribution in [0.1, 0.15) is 18.9 Å². The Morgan fingerprint density at radius 3 is 2.78 bits per heavy atom. The third kappa shape index (κ3) is 3.74. The molecule has 8 heteroatoms. The van der Waals surface area contributed by atoms with E-state index in [9.17, 15) is 0 Å². The van der Waals surface area contributed by atoms with Crippen molar-refractivity contribution in [3.63, 3.8) is 0 Å². The van der Waals surface area contributed by atoms with Crippen LogP contribution in [0.3, 0.4) is 0 Å². The van der Waals surface area contributed by atoms with Crippen molar-refractivity contribution >= 4 is 33.3 Å². The van der Waals surface area contributed by atoms with Gasteiger partial charge in [-0.15, -0.1) is 33.3 Å². The van der Waals surface area contributed by atoms with E-state index in [1.54, 1.807) is 23.1 Å². The topological polar surface area (TPSA) is 60.4 Å². The first-order chi connectivity index (χ1) is 13.2. The fourth-order valence-electron chi connectivity index (χ4n) is 3.06. The minimum absolute atomic E-state index is 0.266. The maximum absolute atomic E-state index is 5.51. The second-order valence-corrected chi connectivity index (χ2v) is 8.49. The molecule has 0 unspecified atom stereocenters. The molecule has 0 atom stereocenters. The van der Waals surface area contributed by atoms with Gasteiger partial charge in [0, 0.05) is 17.9 Å². The van der Waals surface area contributed by atoms with E-state index in [1.165, 1.54) is 0 Å². The largest absolute Gasteiger partial charge is 0.454 e. The molecule has 0 saturated heterocycles. The highest BCUT2D eigenvalue weighted by Gasteiger charge is 2.19. The van der Waals surface area contributed by atoms with Crippen molar-refractivity contribution in [2.75, 3.05) is 32.2 Å². The number of aromatic nitrogens is 3. The Morgan fingerprint density at radius 2 is 1.96 bits per heavy atom. The number of benzene rings is 1. The lowest BCUT2D eigenvalue weighted by Crippen LogP contribution is -2.25. The zero-order valence-electron chi connectivity index (χ0n) is 15.7. The fraction of sp³-hybridized carbons (Fsp3) is 0.421. The summed E-state index contributed by atoms with van der Waals surface area (Å²) in [6.07, 6.45) is 0. The number of aryl methyl sites for hydroxylation is 1. The molecule has 142 valence electrons. The maximum Gasteiger partial charge on any atom is 0.231 e. The number of hydrogen-bond acceptors (Lipinski definition) is 8. The molecule has 1 aliphatic heterocycles. The Bertz CT molecular complexity index is 956. The molecule has 0 amide bonds. The van der Waals surface area contributed by atoms with E-state index in [1.807, 2.05) is 25.1 Å². The number of rotatable bonds is 7. The Balaban J connectivity index is 1.64. The summed E-state index contributed by atoms with van der Waals surface area (Å²) in [5.41, 5.74) is 2.77. The number of thioether (sulfide) groups is 1. The van der Waals surface area contributed by atoms with Gasteiger partial charge in [0.25, 0.3) is 0 Å². The van der Waals surface area contributed by atoms with E-state index >= 15 is 0 Å². The van der Waals surface area contributed by atoms with Crippen LogP contribution in [0.4, 0.5) is 0 Å². The Labute approximate surface area is 166 Å². The summed E-state index contributed by atoms with van der Waals surface area (Å²) >= 11 is 3.39. The molecule has 0 bridgehead atoms. The maximum atomic E-state index is 5.51. The lowest BCUT2D eigenvalue weighted by Gasteiger charge is -2.17. The summed E-state index contributed by atoms with van der Waals surface area (Å²) in [6, 6.07) is 5.89. The molecular weight excluding hydrogens is 380 g/mol. The van der Waals surface area contributed by atoms with Gasteiger partial charge in [0.15, 0.2) is 11.5 Å². The molecule has 0 radical (unpaired) electrons. The second kappa shape index (κ2) is 8.00. The van der Waals surface area contributed by atoms with E-state index < -0.39 is 0 Å². The molecule has 1 aliphatic rings. The highest BCUT2D eigenvalue weighted by atomic mass is 32.2. The molecule has 0 fully saturated rings. The lowest BCUT2D eigenvalue weighted by molar-refractivity contribution is 0.174. The van der Waals surface area contributed by atoms with Crippen LogP contribution in [0.2, 0.25) is 0 Å². The molecule has 3 heterocycles. The van der Waals surface area contributed by atoms with E-state index in [4.69, 9.17) is 14.5 Å². The van der Waals surface area contributed by atoms with Crippen LogP contribution in [0, 0.1) is 6.92 Å². The second-order valence-electron chi connectivity index (χ2n) is 6.21. The number of ether oxygens (including phenoxy) is 2. The van der Waals surface area contributed by atoms with Gasteiger partial charge in [-0.25, -0.2) is 4.98 Å². The smallest absolute Gasteiger partial charge is 0.231 e. The van der Waals surface area contributed by atoms with Crippen molar-refractivity contribution in [3.05, 3.63) is 23.2 Å². The van der Waals surface area contributed by atoms with Crippen LogP contribution in [-0.4, -0.2) is 52.3 Å². The molecule has 2 aromatic heterocycles. The zero-order valence-corrected chi connectivity index (χ0v) is 17.3. The normalized spacial score (nSPS) is 13.0. The van der Waals surface area contributed by atoms with Crippen LogP contribution < -0.4 is 9.47 Å². The van der Waals surface area contributed by atoms with Crippen molar-refractivity contribution in [1.82, 2.24) is 20.1 Å². The number of hydrogen-bond donors (Lipinski definition) is 0. The summed E-state index contributed by atoms with van der Waals surface area (Å²) < 4.78 is 12.0. The molecule has 0 N–H and O–H groups in total. The monoisotopic (exact) mass is 402 g/mol. The van der Waals surface area contributed by atoms with Crippen molar-refractivity contribution in [1.29, 1.82) is 0 Å². The van der Waals surface area contributed by atoms with Crippen LogP contribution in [-0.2, 0) is 0 Å². The van der Waals surface area contributed by atoms with Gasteiger partial charge in [0.1, 0.15) is 16.2 Å². The number of thiazole rings is 1. The van der Waals surface area contributed by atoms with Crippen molar-refractivity contribution in [3.8, 4) is 22.8 Å². The SMILES string of the molecule is CCN(CC)CCSc1nnc(-c2ccc3c(c2)OCO3)c2sc(C)nc12. The quantitative estimate of drug-likeness (QED) is 0.548. The lowest BCUT2D eigenvalue weighted by atomic mass is 10.1. The van der Waals surface area contributed by atoms with Crippen molar-refractivity contribution in [2.24, 2.45) is 0 Å². The summed E-state index contributed by atoms with van der Waals surface area (Å²) in [4.78, 5) is 7.14. The van der Waals surface area contributed by atoms with Gasteiger partial charge in [-0.1, -0.05) is 13.8 Å². The first-order valence-electron chi connectivity index (χ1n) is 9.08. The molecule has 0 spiro atoms. The van der Waals surface area contributed by atoms with Crippen LogP contribution in [0.15, 0.2) is 23.2 Å². The summed E-state index contributed by atoms with van der Waals surface area (Å²) in [6.45, 7) is 9.84. The molecule has 27 heavy (non-hydrogen) atoms. The van der Waals surface area contributed by atoms with Gasteiger partial charge in [-0.3, -0.25) is 0 Å². The van der Waals surface area contributed by atoms with Crippen molar-refractivity contribution in [2.45, 2.75) is 25.8 Å². The third-order valence-corrected chi connectivity index (χ3v) is 6.49. The number of fused-ring (bicyclic) bond motifs is 2. The minimum Gasteiger partial charge on any atom is -0.454 e. The van der Waals surface area contributed by atoms with Gasteiger partial charge in [0.05, 0.1) is 9.71 Å². The van der Waals surface area contributed by atoms with E-state index in [0.717, 1.165) is 68.4 Å². The zero-order chi connectivity index (χ0) is 18.8. The Kier molecular flexibility index (Phi) is 5.47. The summed E-state index contributed by atoms with van der Waals surface area (Å²) in [5.74, 6) is 2.50. The van der Waals surface area contributed by atoms with Crippen LogP contribution in [0.25, 0.3) is 21.5 Å². The molecule has 6 nitrogen and oxygen atoms in total. The highest BCUT2D eigenvalue weighted by Crippen LogP contribution is 2.39. The van der Waals surface area contributed by atoms with Crippen molar-refractivity contribution < 1.29 is 9.47 Å². The van der Waals surface area contributed by atoms with Crippen LogP contribution >= 0.6 is 23.1 Å².